The second-order valence-corrected chi connectivity index (χ2v) is 4.89. The van der Waals surface area contributed by atoms with Crippen molar-refractivity contribution in [2.75, 3.05) is 13.1 Å². The van der Waals surface area contributed by atoms with Gasteiger partial charge in [0.2, 0.25) is 11.7 Å². The molecule has 2 aromatic rings. The van der Waals surface area contributed by atoms with E-state index in [-0.39, 0.29) is 11.7 Å². The van der Waals surface area contributed by atoms with Gasteiger partial charge < -0.3 is 9.84 Å². The summed E-state index contributed by atoms with van der Waals surface area (Å²) >= 11 is 3.23. The first-order valence-electron chi connectivity index (χ1n) is 5.23. The number of hydrogen-bond acceptors (Lipinski definition) is 4. The predicted octanol–water partition coefficient (Wildman–Crippen LogP) is 2.33. The van der Waals surface area contributed by atoms with E-state index in [1.807, 2.05) is 0 Å². The fourth-order valence-electron chi connectivity index (χ4n) is 1.66. The van der Waals surface area contributed by atoms with Crippen LogP contribution in [-0.4, -0.2) is 23.2 Å². The van der Waals surface area contributed by atoms with E-state index < -0.39 is 0 Å². The molecule has 1 aliphatic heterocycles. The number of aromatic nitrogens is 2. The molecule has 1 aromatic heterocycles. The number of halogens is 2. The minimum atomic E-state index is -0.328. The summed E-state index contributed by atoms with van der Waals surface area (Å²) in [4.78, 5) is 4.28. The summed E-state index contributed by atoms with van der Waals surface area (Å²) in [6.07, 6.45) is 0. The summed E-state index contributed by atoms with van der Waals surface area (Å²) in [5, 5.41) is 7.00. The molecule has 1 N–H and O–H groups in total. The molecule has 6 heteroatoms. The van der Waals surface area contributed by atoms with Crippen molar-refractivity contribution in [3.8, 4) is 11.4 Å². The van der Waals surface area contributed by atoms with E-state index in [4.69, 9.17) is 4.52 Å². The molecule has 88 valence electrons. The molecule has 0 spiro atoms. The van der Waals surface area contributed by atoms with Gasteiger partial charge in [0.05, 0.1) is 5.92 Å². The molecule has 1 fully saturated rings. The zero-order valence-electron chi connectivity index (χ0n) is 8.78. The Bertz CT molecular complexity index is 533. The fourth-order valence-corrected chi connectivity index (χ4v) is 2.13. The lowest BCUT2D eigenvalue weighted by Gasteiger charge is -2.22. The third-order valence-electron chi connectivity index (χ3n) is 2.69. The van der Waals surface area contributed by atoms with Gasteiger partial charge in [-0.3, -0.25) is 0 Å². The molecule has 1 saturated heterocycles. The predicted molar refractivity (Wildman–Crippen MR) is 63.0 cm³/mol. The van der Waals surface area contributed by atoms with Crippen LogP contribution in [-0.2, 0) is 0 Å². The first kappa shape index (κ1) is 10.9. The van der Waals surface area contributed by atoms with Gasteiger partial charge in [0.1, 0.15) is 5.82 Å². The molecule has 1 aromatic carbocycles. The molecule has 3 rings (SSSR count). The summed E-state index contributed by atoms with van der Waals surface area (Å²) in [6.45, 7) is 1.71. The molecule has 2 heterocycles. The number of hydrogen-bond donors (Lipinski definition) is 1. The van der Waals surface area contributed by atoms with Crippen LogP contribution < -0.4 is 5.32 Å². The maximum absolute atomic E-state index is 13.2. The highest BCUT2D eigenvalue weighted by atomic mass is 79.9. The van der Waals surface area contributed by atoms with Crippen molar-refractivity contribution < 1.29 is 8.91 Å². The standard InChI is InChI=1S/C11H9BrFN3O/c12-8-1-6(2-9(13)3-8)10-15-11(17-16-10)7-4-14-5-7/h1-3,7,14H,4-5H2. The molecule has 0 bridgehead atoms. The highest BCUT2D eigenvalue weighted by Gasteiger charge is 2.25. The van der Waals surface area contributed by atoms with Crippen LogP contribution in [0.1, 0.15) is 11.8 Å². The van der Waals surface area contributed by atoms with E-state index >= 15 is 0 Å². The minimum absolute atomic E-state index is 0.285. The summed E-state index contributed by atoms with van der Waals surface area (Å²) < 4.78 is 19.1. The van der Waals surface area contributed by atoms with Crippen LogP contribution in [0.5, 0.6) is 0 Å². The van der Waals surface area contributed by atoms with Crippen molar-refractivity contribution in [1.29, 1.82) is 0 Å². The number of rotatable bonds is 2. The van der Waals surface area contributed by atoms with E-state index in [1.54, 1.807) is 6.07 Å². The molecule has 0 aliphatic carbocycles. The Morgan fingerprint density at radius 2 is 2.18 bits per heavy atom. The Morgan fingerprint density at radius 1 is 1.35 bits per heavy atom. The quantitative estimate of drug-likeness (QED) is 0.924. The molecular weight excluding hydrogens is 289 g/mol. The van der Waals surface area contributed by atoms with Crippen molar-refractivity contribution >= 4 is 15.9 Å². The summed E-state index contributed by atoms with van der Waals surface area (Å²) in [6, 6.07) is 4.54. The van der Waals surface area contributed by atoms with E-state index in [2.05, 4.69) is 31.4 Å². The third kappa shape index (κ3) is 2.10. The van der Waals surface area contributed by atoms with Gasteiger partial charge in [-0.05, 0) is 18.2 Å². The van der Waals surface area contributed by atoms with Crippen LogP contribution in [0.4, 0.5) is 4.39 Å². The Hall–Kier alpha value is -1.27. The monoisotopic (exact) mass is 297 g/mol. The van der Waals surface area contributed by atoms with Gasteiger partial charge in [-0.1, -0.05) is 21.1 Å². The average Bonchev–Trinajstić information content (AvgIpc) is 2.62. The van der Waals surface area contributed by atoms with Crippen molar-refractivity contribution in [2.45, 2.75) is 5.92 Å². The maximum Gasteiger partial charge on any atom is 0.232 e. The van der Waals surface area contributed by atoms with Crippen LogP contribution in [0.2, 0.25) is 0 Å². The van der Waals surface area contributed by atoms with Gasteiger partial charge in [-0.25, -0.2) is 4.39 Å². The lowest BCUT2D eigenvalue weighted by atomic mass is 10.0. The van der Waals surface area contributed by atoms with Crippen LogP contribution in [0.25, 0.3) is 11.4 Å². The first-order valence-corrected chi connectivity index (χ1v) is 6.02. The fraction of sp³-hybridized carbons (Fsp3) is 0.273. The molecular formula is C11H9BrFN3O. The highest BCUT2D eigenvalue weighted by Crippen LogP contribution is 2.25. The highest BCUT2D eigenvalue weighted by molar-refractivity contribution is 9.10. The summed E-state index contributed by atoms with van der Waals surface area (Å²) in [7, 11) is 0. The first-order chi connectivity index (χ1) is 8.22. The van der Waals surface area contributed by atoms with Gasteiger partial charge in [0.15, 0.2) is 0 Å². The van der Waals surface area contributed by atoms with Crippen LogP contribution in [0, 0.1) is 5.82 Å². The van der Waals surface area contributed by atoms with Gasteiger partial charge in [-0.2, -0.15) is 4.98 Å². The van der Waals surface area contributed by atoms with E-state index in [0.717, 1.165) is 13.1 Å². The van der Waals surface area contributed by atoms with Crippen LogP contribution >= 0.6 is 15.9 Å². The van der Waals surface area contributed by atoms with E-state index in [0.29, 0.717) is 21.8 Å². The zero-order chi connectivity index (χ0) is 11.8. The molecule has 0 atom stereocenters. The van der Waals surface area contributed by atoms with Gasteiger partial charge in [0.25, 0.3) is 0 Å². The van der Waals surface area contributed by atoms with E-state index in [1.165, 1.54) is 12.1 Å². The lowest BCUT2D eigenvalue weighted by molar-refractivity contribution is 0.308. The Kier molecular flexibility index (Phi) is 2.68. The number of benzene rings is 1. The smallest absolute Gasteiger partial charge is 0.232 e. The molecule has 1 aliphatic rings. The van der Waals surface area contributed by atoms with Crippen molar-refractivity contribution in [1.82, 2.24) is 15.5 Å². The maximum atomic E-state index is 13.2. The Morgan fingerprint density at radius 3 is 2.82 bits per heavy atom. The summed E-state index contributed by atoms with van der Waals surface area (Å²) in [5.41, 5.74) is 0.610. The average molecular weight is 298 g/mol. The van der Waals surface area contributed by atoms with Gasteiger partial charge in [-0.15, -0.1) is 0 Å². The van der Waals surface area contributed by atoms with Crippen molar-refractivity contribution in [2.24, 2.45) is 0 Å². The number of nitrogens with one attached hydrogen (secondary N) is 1. The SMILES string of the molecule is Fc1cc(Br)cc(-c2noc(C3CNC3)n2)c1. The Balaban J connectivity index is 1.94. The van der Waals surface area contributed by atoms with Gasteiger partial charge >= 0.3 is 0 Å². The normalized spacial score (nSPS) is 15.9. The summed E-state index contributed by atoms with van der Waals surface area (Å²) in [5.74, 6) is 0.991. The van der Waals surface area contributed by atoms with Crippen LogP contribution in [0.15, 0.2) is 27.2 Å². The van der Waals surface area contributed by atoms with Crippen molar-refractivity contribution in [3.05, 3.63) is 34.4 Å². The largest absolute Gasteiger partial charge is 0.339 e. The Labute approximate surface area is 105 Å². The van der Waals surface area contributed by atoms with Crippen LogP contribution in [0.3, 0.4) is 0 Å². The molecule has 0 amide bonds. The van der Waals surface area contributed by atoms with Crippen molar-refractivity contribution in [3.63, 3.8) is 0 Å². The second-order valence-electron chi connectivity index (χ2n) is 3.97. The molecule has 0 saturated carbocycles. The number of nitrogens with zero attached hydrogens (tertiary/aromatic N) is 2. The zero-order valence-corrected chi connectivity index (χ0v) is 10.4. The lowest BCUT2D eigenvalue weighted by Crippen LogP contribution is -2.40. The minimum Gasteiger partial charge on any atom is -0.339 e. The molecule has 0 unspecified atom stereocenters. The van der Waals surface area contributed by atoms with Gasteiger partial charge in [0, 0.05) is 23.1 Å². The second kappa shape index (κ2) is 4.19. The molecule has 4 nitrogen and oxygen atoms in total. The van der Waals surface area contributed by atoms with E-state index in [9.17, 15) is 4.39 Å². The molecule has 17 heavy (non-hydrogen) atoms. The topological polar surface area (TPSA) is 51.0 Å². The third-order valence-corrected chi connectivity index (χ3v) is 3.15. The molecule has 0 radical (unpaired) electrons.